The van der Waals surface area contributed by atoms with Crippen LogP contribution in [0.15, 0.2) is 55.1 Å². The van der Waals surface area contributed by atoms with Gasteiger partial charge in [0.15, 0.2) is 0 Å². The number of carbonyl (C=O) groups excluding carboxylic acids is 4. The van der Waals surface area contributed by atoms with Gasteiger partial charge in [-0.05, 0) is 61.4 Å². The highest BCUT2D eigenvalue weighted by Gasteiger charge is 2.37. The molecule has 2 bridgehead atoms. The predicted molar refractivity (Wildman–Crippen MR) is 156 cm³/mol. The minimum atomic E-state index is -0.770. The van der Waals surface area contributed by atoms with E-state index in [1.54, 1.807) is 30.3 Å². The number of halogens is 1. The lowest BCUT2D eigenvalue weighted by molar-refractivity contribution is -0.126. The van der Waals surface area contributed by atoms with E-state index in [9.17, 15) is 23.6 Å². The van der Waals surface area contributed by atoms with Crippen LogP contribution in [-0.2, 0) is 16.0 Å². The lowest BCUT2D eigenvalue weighted by Gasteiger charge is -2.32. The van der Waals surface area contributed by atoms with Gasteiger partial charge in [0.1, 0.15) is 24.5 Å². The van der Waals surface area contributed by atoms with E-state index in [0.29, 0.717) is 50.0 Å². The number of nitrogens with one attached hydrogen (secondary N) is 2. The number of para-hydroxylation sites is 1. The molecule has 5 rings (SSSR count). The molecule has 3 aromatic rings. The van der Waals surface area contributed by atoms with E-state index >= 15 is 0 Å². The van der Waals surface area contributed by atoms with E-state index in [1.165, 1.54) is 39.3 Å². The van der Waals surface area contributed by atoms with Gasteiger partial charge >= 0.3 is 0 Å². The van der Waals surface area contributed by atoms with Gasteiger partial charge < -0.3 is 20.4 Å². The number of carbonyl (C=O) groups is 4. The Balaban J connectivity index is 1.47. The third kappa shape index (κ3) is 6.73. The van der Waals surface area contributed by atoms with Crippen molar-refractivity contribution in [3.8, 4) is 5.69 Å². The van der Waals surface area contributed by atoms with E-state index in [2.05, 4.69) is 20.7 Å². The summed E-state index contributed by atoms with van der Waals surface area (Å²) >= 11 is 0. The number of hydrogen-bond donors (Lipinski definition) is 2. The Labute approximate surface area is 249 Å². The maximum absolute atomic E-state index is 14.8. The van der Waals surface area contributed by atoms with Crippen LogP contribution in [0.4, 0.5) is 4.39 Å². The molecule has 12 heteroatoms. The molecule has 2 N–H and O–H groups in total. The fraction of sp³-hybridized carbons (Fsp3) is 0.419. The quantitative estimate of drug-likeness (QED) is 0.483. The predicted octanol–water partition coefficient (Wildman–Crippen LogP) is 2.36. The minimum absolute atomic E-state index is 0.0530. The molecular weight excluding hydrogens is 553 g/mol. The summed E-state index contributed by atoms with van der Waals surface area (Å²) in [7, 11) is 0. The highest BCUT2D eigenvalue weighted by atomic mass is 19.1. The zero-order valence-corrected chi connectivity index (χ0v) is 24.3. The average molecular weight is 590 g/mol. The van der Waals surface area contributed by atoms with Crippen LogP contribution in [0, 0.1) is 11.7 Å². The van der Waals surface area contributed by atoms with Crippen molar-refractivity contribution in [2.24, 2.45) is 5.92 Å². The molecule has 0 spiro atoms. The Morgan fingerprint density at radius 1 is 1.09 bits per heavy atom. The third-order valence-electron chi connectivity index (χ3n) is 8.01. The van der Waals surface area contributed by atoms with E-state index < -0.39 is 29.7 Å². The van der Waals surface area contributed by atoms with Crippen molar-refractivity contribution in [1.82, 2.24) is 35.2 Å². The molecule has 226 valence electrons. The number of aromatic nitrogens is 3. The zero-order chi connectivity index (χ0) is 30.5. The van der Waals surface area contributed by atoms with E-state index in [4.69, 9.17) is 0 Å². The first kappa shape index (κ1) is 29.9. The van der Waals surface area contributed by atoms with Gasteiger partial charge in [0.25, 0.3) is 11.8 Å². The molecule has 2 aliphatic heterocycles. The summed E-state index contributed by atoms with van der Waals surface area (Å²) in [5.41, 5.74) is 1.53. The Morgan fingerprint density at radius 2 is 1.91 bits per heavy atom. The summed E-state index contributed by atoms with van der Waals surface area (Å²) in [5, 5.41) is 10.1. The van der Waals surface area contributed by atoms with Crippen LogP contribution < -0.4 is 10.6 Å². The molecule has 3 heterocycles. The third-order valence-corrected chi connectivity index (χ3v) is 8.01. The first-order valence-corrected chi connectivity index (χ1v) is 14.6. The standard InChI is InChI=1S/C31H36FN7O4/c1-20(2)25-16-37(30(42)22-8-3-4-9-26(22)39-19-33-18-35-39)17-28(40)34-13-5-7-21-11-12-24(32)23(15-21)31(43)38-14-6-10-27(38)29(41)36-25/h3-4,8-9,11-12,15,18-20,25,27H,5-7,10,13-14,16-17H2,1-2H3,(H,34,40)(H,36,41)/t25-,27-/m0/s1. The molecule has 1 fully saturated rings. The summed E-state index contributed by atoms with van der Waals surface area (Å²) in [6.07, 6.45) is 4.98. The van der Waals surface area contributed by atoms with Crippen molar-refractivity contribution >= 4 is 23.6 Å². The Morgan fingerprint density at radius 3 is 2.67 bits per heavy atom. The van der Waals surface area contributed by atoms with Gasteiger partial charge in [-0.1, -0.05) is 32.0 Å². The maximum atomic E-state index is 14.8. The topological polar surface area (TPSA) is 130 Å². The first-order chi connectivity index (χ1) is 20.7. The van der Waals surface area contributed by atoms with Gasteiger partial charge in [0.2, 0.25) is 11.8 Å². The van der Waals surface area contributed by atoms with Crippen molar-refractivity contribution in [1.29, 1.82) is 0 Å². The van der Waals surface area contributed by atoms with E-state index in [1.807, 2.05) is 13.8 Å². The molecule has 4 amide bonds. The highest BCUT2D eigenvalue weighted by molar-refractivity contribution is 6.00. The smallest absolute Gasteiger partial charge is 0.257 e. The van der Waals surface area contributed by atoms with Gasteiger partial charge in [0, 0.05) is 25.7 Å². The van der Waals surface area contributed by atoms with Gasteiger partial charge in [-0.15, -0.1) is 0 Å². The van der Waals surface area contributed by atoms with E-state index in [0.717, 1.165) is 5.56 Å². The van der Waals surface area contributed by atoms with Crippen molar-refractivity contribution in [3.63, 3.8) is 0 Å². The van der Waals surface area contributed by atoms with Crippen molar-refractivity contribution in [2.45, 2.75) is 51.6 Å². The molecule has 0 radical (unpaired) electrons. The molecule has 0 saturated carbocycles. The second kappa shape index (κ2) is 13.1. The summed E-state index contributed by atoms with van der Waals surface area (Å²) in [6.45, 7) is 4.33. The second-order valence-electron chi connectivity index (χ2n) is 11.3. The molecular formula is C31H36FN7O4. The van der Waals surface area contributed by atoms with Gasteiger partial charge in [-0.3, -0.25) is 19.2 Å². The fourth-order valence-corrected chi connectivity index (χ4v) is 5.59. The zero-order valence-electron chi connectivity index (χ0n) is 24.3. The number of fused-ring (bicyclic) bond motifs is 3. The van der Waals surface area contributed by atoms with Gasteiger partial charge in [-0.2, -0.15) is 5.10 Å². The lowest BCUT2D eigenvalue weighted by atomic mass is 10.0. The van der Waals surface area contributed by atoms with Crippen LogP contribution in [-0.4, -0.2) is 86.5 Å². The van der Waals surface area contributed by atoms with Crippen LogP contribution in [0.1, 0.15) is 59.4 Å². The fourth-order valence-electron chi connectivity index (χ4n) is 5.59. The van der Waals surface area contributed by atoms with Gasteiger partial charge in [-0.25, -0.2) is 14.1 Å². The SMILES string of the molecule is CC(C)[C@@H]1CN(C(=O)c2ccccc2-n2cncn2)CC(=O)NCCCc2ccc(F)c(c2)C(=O)N2CCC[C@H]2C(=O)N1. The van der Waals surface area contributed by atoms with Crippen molar-refractivity contribution in [3.05, 3.63) is 77.6 Å². The number of hydrogen-bond acceptors (Lipinski definition) is 6. The molecule has 2 atom stereocenters. The van der Waals surface area contributed by atoms with Crippen molar-refractivity contribution < 1.29 is 23.6 Å². The summed E-state index contributed by atoms with van der Waals surface area (Å²) in [5.74, 6) is -2.38. The Kier molecular flexibility index (Phi) is 9.13. The van der Waals surface area contributed by atoms with Crippen LogP contribution in [0.2, 0.25) is 0 Å². The maximum Gasteiger partial charge on any atom is 0.257 e. The van der Waals surface area contributed by atoms with Gasteiger partial charge in [0.05, 0.1) is 23.4 Å². The molecule has 2 aromatic carbocycles. The molecule has 2 aliphatic rings. The average Bonchev–Trinajstić information content (AvgIpc) is 3.71. The number of amides is 4. The lowest BCUT2D eigenvalue weighted by Crippen LogP contribution is -2.55. The molecule has 11 nitrogen and oxygen atoms in total. The number of rotatable bonds is 3. The van der Waals surface area contributed by atoms with Crippen LogP contribution >= 0.6 is 0 Å². The largest absolute Gasteiger partial charge is 0.355 e. The Bertz CT molecular complexity index is 1490. The number of nitrogens with zero attached hydrogens (tertiary/aromatic N) is 5. The van der Waals surface area contributed by atoms with Crippen LogP contribution in [0.25, 0.3) is 5.69 Å². The summed E-state index contributed by atoms with van der Waals surface area (Å²) in [6, 6.07) is 10.1. The van der Waals surface area contributed by atoms with E-state index in [-0.39, 0.29) is 36.4 Å². The summed E-state index contributed by atoms with van der Waals surface area (Å²) in [4.78, 5) is 61.1. The number of benzene rings is 2. The molecule has 0 unspecified atom stereocenters. The minimum Gasteiger partial charge on any atom is -0.355 e. The normalized spacial score (nSPS) is 20.4. The molecule has 43 heavy (non-hydrogen) atoms. The monoisotopic (exact) mass is 589 g/mol. The molecule has 0 aliphatic carbocycles. The molecule has 1 saturated heterocycles. The first-order valence-electron chi connectivity index (χ1n) is 14.6. The van der Waals surface area contributed by atoms with Crippen molar-refractivity contribution in [2.75, 3.05) is 26.2 Å². The second-order valence-corrected chi connectivity index (χ2v) is 11.3. The van der Waals surface area contributed by atoms with Crippen LogP contribution in [0.5, 0.6) is 0 Å². The molecule has 1 aromatic heterocycles. The Hall–Kier alpha value is -4.61. The highest BCUT2D eigenvalue weighted by Crippen LogP contribution is 2.24. The summed E-state index contributed by atoms with van der Waals surface area (Å²) < 4.78 is 16.3. The number of aryl methyl sites for hydroxylation is 1. The van der Waals surface area contributed by atoms with Crippen LogP contribution in [0.3, 0.4) is 0 Å².